The van der Waals surface area contributed by atoms with Crippen LogP contribution < -0.4 is 0 Å². The Morgan fingerprint density at radius 1 is 1.05 bits per heavy atom. The molecule has 0 unspecified atom stereocenters. The zero-order valence-corrected chi connectivity index (χ0v) is 13.9. The first-order chi connectivity index (χ1) is 10.4. The lowest BCUT2D eigenvalue weighted by Gasteiger charge is -2.36. The largest absolute Gasteiger partial charge is 0.345 e. The Morgan fingerprint density at radius 3 is 2.05 bits per heavy atom. The van der Waals surface area contributed by atoms with Crippen molar-refractivity contribution in [1.29, 1.82) is 0 Å². The fourth-order valence-electron chi connectivity index (χ4n) is 3.03. The Morgan fingerprint density at radius 2 is 1.59 bits per heavy atom. The van der Waals surface area contributed by atoms with Crippen molar-refractivity contribution < 1.29 is 14.4 Å². The summed E-state index contributed by atoms with van der Waals surface area (Å²) in [5.41, 5.74) is -0.805. The van der Waals surface area contributed by atoms with E-state index in [-0.39, 0.29) is 17.7 Å². The van der Waals surface area contributed by atoms with Crippen molar-refractivity contribution in [2.24, 2.45) is 5.41 Å². The molecule has 2 rings (SSSR count). The Balaban J connectivity index is 1.94. The van der Waals surface area contributed by atoms with E-state index in [1.807, 2.05) is 0 Å². The van der Waals surface area contributed by atoms with Gasteiger partial charge in [0.2, 0.25) is 17.7 Å². The third-order valence-corrected chi connectivity index (χ3v) is 4.77. The van der Waals surface area contributed by atoms with Gasteiger partial charge >= 0.3 is 0 Å². The van der Waals surface area contributed by atoms with Crippen LogP contribution in [-0.4, -0.2) is 72.2 Å². The molecule has 1 heterocycles. The van der Waals surface area contributed by atoms with Crippen molar-refractivity contribution >= 4 is 17.7 Å². The Hall–Kier alpha value is -1.59. The van der Waals surface area contributed by atoms with Gasteiger partial charge in [-0.15, -0.1) is 0 Å². The van der Waals surface area contributed by atoms with Crippen LogP contribution >= 0.6 is 0 Å². The molecule has 1 saturated carbocycles. The van der Waals surface area contributed by atoms with E-state index in [0.717, 1.165) is 12.8 Å². The Bertz CT molecular complexity index is 452. The number of rotatable bonds is 5. The molecular weight excluding hydrogens is 282 g/mol. The third-order valence-electron chi connectivity index (χ3n) is 4.77. The number of hydrogen-bond acceptors (Lipinski definition) is 3. The predicted molar refractivity (Wildman–Crippen MR) is 83.0 cm³/mol. The van der Waals surface area contributed by atoms with Gasteiger partial charge in [0.25, 0.3) is 0 Å². The van der Waals surface area contributed by atoms with Gasteiger partial charge in [-0.25, -0.2) is 0 Å². The van der Waals surface area contributed by atoms with E-state index in [1.54, 1.807) is 28.7 Å². The zero-order valence-electron chi connectivity index (χ0n) is 13.9. The minimum atomic E-state index is -0.805. The molecule has 0 bridgehead atoms. The molecule has 2 fully saturated rings. The van der Waals surface area contributed by atoms with E-state index in [4.69, 9.17) is 0 Å². The maximum atomic E-state index is 12.8. The van der Waals surface area contributed by atoms with Gasteiger partial charge in [-0.05, 0) is 19.3 Å². The molecule has 0 atom stereocenters. The summed E-state index contributed by atoms with van der Waals surface area (Å²) in [6.07, 6.45) is 3.32. The average molecular weight is 309 g/mol. The molecule has 22 heavy (non-hydrogen) atoms. The van der Waals surface area contributed by atoms with Crippen LogP contribution in [0.3, 0.4) is 0 Å². The molecule has 2 aliphatic rings. The van der Waals surface area contributed by atoms with Crippen LogP contribution in [0.2, 0.25) is 0 Å². The summed E-state index contributed by atoms with van der Waals surface area (Å²) < 4.78 is 0. The van der Waals surface area contributed by atoms with E-state index >= 15 is 0 Å². The molecular formula is C16H27N3O3. The molecule has 0 N–H and O–H groups in total. The summed E-state index contributed by atoms with van der Waals surface area (Å²) in [5.74, 6) is -0.0207. The van der Waals surface area contributed by atoms with E-state index in [2.05, 4.69) is 6.92 Å². The van der Waals surface area contributed by atoms with Crippen molar-refractivity contribution in [1.82, 2.24) is 14.7 Å². The van der Waals surface area contributed by atoms with Gasteiger partial charge in [-0.1, -0.05) is 13.3 Å². The summed E-state index contributed by atoms with van der Waals surface area (Å²) in [6, 6.07) is 0. The minimum absolute atomic E-state index is 0.0278. The summed E-state index contributed by atoms with van der Waals surface area (Å²) in [7, 11) is 1.79. The first kappa shape index (κ1) is 16.8. The molecule has 1 saturated heterocycles. The van der Waals surface area contributed by atoms with Crippen LogP contribution in [0, 0.1) is 5.41 Å². The van der Waals surface area contributed by atoms with Crippen LogP contribution in [-0.2, 0) is 14.4 Å². The Kier molecular flexibility index (Phi) is 5.08. The molecule has 0 spiro atoms. The van der Waals surface area contributed by atoms with Crippen molar-refractivity contribution in [2.45, 2.75) is 39.5 Å². The van der Waals surface area contributed by atoms with Gasteiger partial charge in [0, 0.05) is 46.7 Å². The summed E-state index contributed by atoms with van der Waals surface area (Å²) in [6.45, 7) is 6.55. The van der Waals surface area contributed by atoms with E-state index in [0.29, 0.717) is 45.6 Å². The monoisotopic (exact) mass is 309 g/mol. The maximum Gasteiger partial charge on any atom is 0.238 e. The molecule has 0 radical (unpaired) electrons. The highest BCUT2D eigenvalue weighted by atomic mass is 16.2. The number of amides is 3. The van der Waals surface area contributed by atoms with Crippen molar-refractivity contribution in [3.63, 3.8) is 0 Å². The van der Waals surface area contributed by atoms with Gasteiger partial charge in [0.05, 0.1) is 0 Å². The first-order valence-corrected chi connectivity index (χ1v) is 8.23. The summed E-state index contributed by atoms with van der Waals surface area (Å²) in [4.78, 5) is 41.9. The summed E-state index contributed by atoms with van der Waals surface area (Å²) in [5, 5.41) is 0. The smallest absolute Gasteiger partial charge is 0.238 e. The average Bonchev–Trinajstić information content (AvgIpc) is 3.33. The van der Waals surface area contributed by atoms with E-state index < -0.39 is 5.41 Å². The topological polar surface area (TPSA) is 60.9 Å². The Labute approximate surface area is 132 Å². The molecule has 1 aliphatic heterocycles. The lowest BCUT2D eigenvalue weighted by atomic mass is 10.0. The SMILES string of the molecule is CCCCN(C)C(=O)C1(C(=O)N2CCN(C(C)=O)CC2)CC1. The molecule has 6 heteroatoms. The second-order valence-corrected chi connectivity index (χ2v) is 6.46. The molecule has 0 aromatic heterocycles. The van der Waals surface area contributed by atoms with Crippen molar-refractivity contribution in [3.8, 4) is 0 Å². The molecule has 0 aromatic rings. The van der Waals surface area contributed by atoms with Crippen LogP contribution in [0.25, 0.3) is 0 Å². The van der Waals surface area contributed by atoms with Gasteiger partial charge in [0.15, 0.2) is 0 Å². The van der Waals surface area contributed by atoms with Gasteiger partial charge in [-0.2, -0.15) is 0 Å². The summed E-state index contributed by atoms with van der Waals surface area (Å²) >= 11 is 0. The molecule has 3 amide bonds. The van der Waals surface area contributed by atoms with Crippen molar-refractivity contribution in [2.75, 3.05) is 39.8 Å². The van der Waals surface area contributed by atoms with Crippen LogP contribution in [0.5, 0.6) is 0 Å². The first-order valence-electron chi connectivity index (χ1n) is 8.23. The van der Waals surface area contributed by atoms with Gasteiger partial charge in [-0.3, -0.25) is 14.4 Å². The fraction of sp³-hybridized carbons (Fsp3) is 0.812. The number of piperazine rings is 1. The highest BCUT2D eigenvalue weighted by Gasteiger charge is 2.59. The minimum Gasteiger partial charge on any atom is -0.345 e. The zero-order chi connectivity index (χ0) is 16.3. The second kappa shape index (κ2) is 6.67. The normalized spacial score (nSPS) is 19.8. The highest BCUT2D eigenvalue weighted by molar-refractivity contribution is 6.07. The number of carbonyl (C=O) groups is 3. The number of nitrogens with zero attached hydrogens (tertiary/aromatic N) is 3. The number of hydrogen-bond donors (Lipinski definition) is 0. The molecule has 1 aliphatic carbocycles. The van der Waals surface area contributed by atoms with Crippen LogP contribution in [0.1, 0.15) is 39.5 Å². The third kappa shape index (κ3) is 3.25. The second-order valence-electron chi connectivity index (χ2n) is 6.46. The maximum absolute atomic E-state index is 12.8. The fourth-order valence-corrected chi connectivity index (χ4v) is 3.03. The van der Waals surface area contributed by atoms with Gasteiger partial charge in [0.1, 0.15) is 5.41 Å². The van der Waals surface area contributed by atoms with Crippen LogP contribution in [0.15, 0.2) is 0 Å². The number of unbranched alkanes of at least 4 members (excludes halogenated alkanes) is 1. The molecule has 124 valence electrons. The quantitative estimate of drug-likeness (QED) is 0.703. The van der Waals surface area contributed by atoms with E-state index in [9.17, 15) is 14.4 Å². The van der Waals surface area contributed by atoms with Crippen LogP contribution in [0.4, 0.5) is 0 Å². The van der Waals surface area contributed by atoms with Crippen molar-refractivity contribution in [3.05, 3.63) is 0 Å². The molecule has 0 aromatic carbocycles. The van der Waals surface area contributed by atoms with Gasteiger partial charge < -0.3 is 14.7 Å². The molecule has 6 nitrogen and oxygen atoms in total. The predicted octanol–water partition coefficient (Wildman–Crippen LogP) is 0.716. The number of carbonyl (C=O) groups excluding carboxylic acids is 3. The highest BCUT2D eigenvalue weighted by Crippen LogP contribution is 2.48. The lowest BCUT2D eigenvalue weighted by Crippen LogP contribution is -2.54. The van der Waals surface area contributed by atoms with E-state index in [1.165, 1.54) is 0 Å². The lowest BCUT2D eigenvalue weighted by molar-refractivity contribution is -0.151. The standard InChI is InChI=1S/C16H27N3O3/c1-4-5-8-17(3)14(21)16(6-7-16)15(22)19-11-9-18(10-12-19)13(2)20/h4-12H2,1-3H3.